The fourth-order valence-corrected chi connectivity index (χ4v) is 4.28. The lowest BCUT2D eigenvalue weighted by Gasteiger charge is -2.32. The van der Waals surface area contributed by atoms with Gasteiger partial charge in [-0.2, -0.15) is 0 Å². The lowest BCUT2D eigenvalue weighted by Crippen LogP contribution is -2.38. The molecule has 1 amide bonds. The van der Waals surface area contributed by atoms with Crippen LogP contribution in [0.15, 0.2) is 36.5 Å². The van der Waals surface area contributed by atoms with E-state index < -0.39 is 0 Å². The number of pyridine rings is 1. The van der Waals surface area contributed by atoms with Crippen molar-refractivity contribution in [1.82, 2.24) is 19.9 Å². The van der Waals surface area contributed by atoms with Gasteiger partial charge in [-0.3, -0.25) is 9.78 Å². The minimum absolute atomic E-state index is 0.306. The minimum Gasteiger partial charge on any atom is -0.343 e. The fourth-order valence-electron chi connectivity index (χ4n) is 4.28. The maximum absolute atomic E-state index is 12.5. The Morgan fingerprint density at radius 1 is 1.14 bits per heavy atom. The van der Waals surface area contributed by atoms with Gasteiger partial charge in [0.2, 0.25) is 11.9 Å². The third-order valence-electron chi connectivity index (χ3n) is 5.84. The number of likely N-dealkylation sites (tertiary alicyclic amines) is 1. The number of rotatable bonds is 5. The van der Waals surface area contributed by atoms with Gasteiger partial charge in [0, 0.05) is 42.5 Å². The smallest absolute Gasteiger partial charge is 0.227 e. The van der Waals surface area contributed by atoms with Crippen molar-refractivity contribution in [2.45, 2.75) is 51.9 Å². The molecule has 0 unspecified atom stereocenters. The molecule has 0 bridgehead atoms. The Hall–Kier alpha value is -2.76. The van der Waals surface area contributed by atoms with Crippen molar-refractivity contribution in [1.29, 1.82) is 0 Å². The predicted octanol–water partition coefficient (Wildman–Crippen LogP) is 4.29. The maximum atomic E-state index is 12.5. The summed E-state index contributed by atoms with van der Waals surface area (Å²) in [5, 5.41) is 3.23. The summed E-state index contributed by atoms with van der Waals surface area (Å²) in [7, 11) is 0. The van der Waals surface area contributed by atoms with Crippen molar-refractivity contribution >= 4 is 17.5 Å². The molecule has 1 fully saturated rings. The van der Waals surface area contributed by atoms with Gasteiger partial charge in [0.15, 0.2) is 0 Å². The Morgan fingerprint density at radius 3 is 2.52 bits per heavy atom. The van der Waals surface area contributed by atoms with E-state index in [-0.39, 0.29) is 0 Å². The largest absolute Gasteiger partial charge is 0.343 e. The molecule has 1 aliphatic carbocycles. The van der Waals surface area contributed by atoms with E-state index in [9.17, 15) is 4.79 Å². The molecule has 0 radical (unpaired) electrons. The number of piperidine rings is 1. The zero-order valence-electron chi connectivity index (χ0n) is 17.3. The van der Waals surface area contributed by atoms with E-state index in [1.54, 1.807) is 0 Å². The molecular formula is C23H29N5O. The van der Waals surface area contributed by atoms with Gasteiger partial charge >= 0.3 is 0 Å². The zero-order valence-corrected chi connectivity index (χ0v) is 17.3. The topological polar surface area (TPSA) is 71.0 Å². The van der Waals surface area contributed by atoms with Crippen LogP contribution in [-0.2, 0) is 4.79 Å². The average Bonchev–Trinajstić information content (AvgIpc) is 3.21. The molecule has 1 saturated heterocycles. The van der Waals surface area contributed by atoms with Crippen molar-refractivity contribution in [3.05, 3.63) is 53.6 Å². The van der Waals surface area contributed by atoms with Gasteiger partial charge < -0.3 is 10.2 Å². The lowest BCUT2D eigenvalue weighted by atomic mass is 9.92. The van der Waals surface area contributed by atoms with Gasteiger partial charge in [-0.1, -0.05) is 12.2 Å². The number of anilines is 2. The molecule has 0 aromatic carbocycles. The van der Waals surface area contributed by atoms with Crippen LogP contribution in [0.2, 0.25) is 0 Å². The third-order valence-corrected chi connectivity index (χ3v) is 5.84. The van der Waals surface area contributed by atoms with Crippen LogP contribution < -0.4 is 5.32 Å². The van der Waals surface area contributed by atoms with E-state index in [0.717, 1.165) is 61.5 Å². The van der Waals surface area contributed by atoms with Crippen molar-refractivity contribution < 1.29 is 4.79 Å². The van der Waals surface area contributed by atoms with Gasteiger partial charge in [0.25, 0.3) is 0 Å². The molecule has 1 atom stereocenters. The first kappa shape index (κ1) is 19.6. The van der Waals surface area contributed by atoms with Gasteiger partial charge in [-0.05, 0) is 63.6 Å². The van der Waals surface area contributed by atoms with Crippen LogP contribution in [0.5, 0.6) is 0 Å². The van der Waals surface area contributed by atoms with E-state index >= 15 is 0 Å². The van der Waals surface area contributed by atoms with Gasteiger partial charge in [-0.15, -0.1) is 0 Å². The molecule has 29 heavy (non-hydrogen) atoms. The molecule has 4 rings (SSSR count). The van der Waals surface area contributed by atoms with E-state index in [4.69, 9.17) is 0 Å². The van der Waals surface area contributed by atoms with Crippen LogP contribution in [0, 0.1) is 19.8 Å². The summed E-state index contributed by atoms with van der Waals surface area (Å²) in [6.07, 6.45) is 11.1. The number of nitrogens with one attached hydrogen (secondary N) is 1. The first-order valence-corrected chi connectivity index (χ1v) is 10.6. The molecule has 1 N–H and O–H groups in total. The highest BCUT2D eigenvalue weighted by Gasteiger charge is 2.26. The number of carbonyl (C=O) groups is 1. The van der Waals surface area contributed by atoms with Crippen molar-refractivity contribution in [2.75, 3.05) is 18.4 Å². The predicted molar refractivity (Wildman–Crippen MR) is 114 cm³/mol. The third kappa shape index (κ3) is 5.00. The van der Waals surface area contributed by atoms with E-state index in [1.807, 2.05) is 37.1 Å². The number of nitrogens with zero attached hydrogens (tertiary/aromatic N) is 4. The number of amides is 1. The normalized spacial score (nSPS) is 19.5. The average molecular weight is 392 g/mol. The molecule has 6 nitrogen and oxygen atoms in total. The molecular weight excluding hydrogens is 362 g/mol. The monoisotopic (exact) mass is 391 g/mol. The summed E-state index contributed by atoms with van der Waals surface area (Å²) >= 11 is 0. The summed E-state index contributed by atoms with van der Waals surface area (Å²) in [6, 6.07) is 6.07. The Kier molecular flexibility index (Phi) is 5.88. The first-order valence-electron chi connectivity index (χ1n) is 10.6. The number of carbonyl (C=O) groups excluding carboxylic acids is 1. The molecule has 0 spiro atoms. The van der Waals surface area contributed by atoms with Crippen molar-refractivity contribution in [2.24, 2.45) is 5.92 Å². The van der Waals surface area contributed by atoms with Crippen molar-refractivity contribution in [3.8, 4) is 0 Å². The van der Waals surface area contributed by atoms with Crippen LogP contribution in [0.3, 0.4) is 0 Å². The minimum atomic E-state index is 0.306. The van der Waals surface area contributed by atoms with Crippen LogP contribution in [-0.4, -0.2) is 38.8 Å². The maximum Gasteiger partial charge on any atom is 0.227 e. The van der Waals surface area contributed by atoms with E-state index in [0.29, 0.717) is 30.1 Å². The molecule has 2 aromatic rings. The molecule has 2 aliphatic rings. The van der Waals surface area contributed by atoms with Crippen molar-refractivity contribution in [3.63, 3.8) is 0 Å². The lowest BCUT2D eigenvalue weighted by molar-refractivity contribution is -0.132. The number of aryl methyl sites for hydroxylation is 2. The summed E-state index contributed by atoms with van der Waals surface area (Å²) < 4.78 is 0. The number of allylic oxidation sites excluding steroid dienone is 2. The van der Waals surface area contributed by atoms with Gasteiger partial charge in [0.1, 0.15) is 0 Å². The molecule has 1 aliphatic heterocycles. The number of aromatic nitrogens is 3. The number of hydrogen-bond donors (Lipinski definition) is 1. The van der Waals surface area contributed by atoms with Crippen LogP contribution in [0.4, 0.5) is 11.6 Å². The quantitative estimate of drug-likeness (QED) is 0.770. The second-order valence-electron chi connectivity index (χ2n) is 8.20. The molecule has 3 heterocycles. The van der Waals surface area contributed by atoms with Crippen LogP contribution >= 0.6 is 0 Å². The van der Waals surface area contributed by atoms with E-state index in [2.05, 4.69) is 38.5 Å². The fraction of sp³-hybridized carbons (Fsp3) is 0.478. The zero-order chi connectivity index (χ0) is 20.2. The summed E-state index contributed by atoms with van der Waals surface area (Å²) in [5.74, 6) is 1.77. The van der Waals surface area contributed by atoms with Crippen LogP contribution in [0.25, 0.3) is 0 Å². The molecule has 152 valence electrons. The van der Waals surface area contributed by atoms with Gasteiger partial charge in [0.05, 0.1) is 11.9 Å². The van der Waals surface area contributed by atoms with Gasteiger partial charge in [-0.25, -0.2) is 9.97 Å². The standard InChI is InChI=1S/C23H29N5O/c1-16-13-17(2)26-23(25-16)27-20-7-8-21(24-15-20)19-9-11-28(12-10-19)22(29)14-18-5-3-4-6-18/h3,5,7-8,13,15,18-19H,4,6,9-12,14H2,1-2H3,(H,25,26,27)/t18-/m1/s1. The van der Waals surface area contributed by atoms with E-state index in [1.165, 1.54) is 0 Å². The molecule has 0 saturated carbocycles. The summed E-state index contributed by atoms with van der Waals surface area (Å²) in [5.41, 5.74) is 3.86. The number of hydrogen-bond acceptors (Lipinski definition) is 5. The Labute approximate surface area is 172 Å². The second-order valence-corrected chi connectivity index (χ2v) is 8.20. The first-order chi connectivity index (χ1) is 14.1. The Balaban J connectivity index is 1.30. The Morgan fingerprint density at radius 2 is 1.90 bits per heavy atom. The summed E-state index contributed by atoms with van der Waals surface area (Å²) in [6.45, 7) is 5.58. The highest BCUT2D eigenvalue weighted by molar-refractivity contribution is 5.76. The highest BCUT2D eigenvalue weighted by Crippen LogP contribution is 2.29. The molecule has 2 aromatic heterocycles. The summed E-state index contributed by atoms with van der Waals surface area (Å²) in [4.78, 5) is 28.0. The Bertz CT molecular complexity index is 864. The highest BCUT2D eigenvalue weighted by atomic mass is 16.2. The SMILES string of the molecule is Cc1cc(C)nc(Nc2ccc(C3CCN(C(=O)C[C@@H]4C=CCC4)CC3)nc2)n1. The van der Waals surface area contributed by atoms with Crippen LogP contribution in [0.1, 0.15) is 55.1 Å². The molecule has 6 heteroatoms. The second kappa shape index (κ2) is 8.72.